The van der Waals surface area contributed by atoms with E-state index in [-0.39, 0.29) is 11.5 Å². The zero-order valence-electron chi connectivity index (χ0n) is 12.5. The summed E-state index contributed by atoms with van der Waals surface area (Å²) in [5, 5.41) is 13.5. The maximum Gasteiger partial charge on any atom is 0.120 e. The zero-order valence-corrected chi connectivity index (χ0v) is 12.5. The molecule has 1 fully saturated rings. The van der Waals surface area contributed by atoms with Gasteiger partial charge in [0.2, 0.25) is 0 Å². The molecule has 1 aromatic rings. The van der Waals surface area contributed by atoms with Crippen LogP contribution in [0.5, 0.6) is 5.75 Å². The van der Waals surface area contributed by atoms with Crippen LogP contribution in [0, 0.1) is 0 Å². The van der Waals surface area contributed by atoms with E-state index in [2.05, 4.69) is 44.0 Å². The number of phenols is 1. The normalized spacial score (nSPS) is 19.4. The summed E-state index contributed by atoms with van der Waals surface area (Å²) in [6, 6.07) is 6.31. The molecular formula is C16H26N2O. The third-order valence-corrected chi connectivity index (χ3v) is 4.04. The Morgan fingerprint density at radius 1 is 1.21 bits per heavy atom. The summed E-state index contributed by atoms with van der Waals surface area (Å²) in [7, 11) is 0. The van der Waals surface area contributed by atoms with Crippen LogP contribution in [0.4, 0.5) is 0 Å². The van der Waals surface area contributed by atoms with Crippen LogP contribution in [0.15, 0.2) is 18.2 Å². The molecule has 0 aliphatic carbocycles. The van der Waals surface area contributed by atoms with Crippen molar-refractivity contribution in [1.29, 1.82) is 0 Å². The Balaban J connectivity index is 2.27. The van der Waals surface area contributed by atoms with E-state index in [0.29, 0.717) is 5.75 Å². The first-order valence-corrected chi connectivity index (χ1v) is 7.18. The lowest BCUT2D eigenvalue weighted by molar-refractivity contribution is 0.183. The van der Waals surface area contributed by atoms with Gasteiger partial charge >= 0.3 is 0 Å². The lowest BCUT2D eigenvalue weighted by Crippen LogP contribution is -2.44. The van der Waals surface area contributed by atoms with Gasteiger partial charge in [-0.2, -0.15) is 0 Å². The largest absolute Gasteiger partial charge is 0.508 e. The van der Waals surface area contributed by atoms with Gasteiger partial charge in [-0.3, -0.25) is 4.90 Å². The molecule has 0 spiro atoms. The van der Waals surface area contributed by atoms with Crippen LogP contribution in [0.3, 0.4) is 0 Å². The summed E-state index contributed by atoms with van der Waals surface area (Å²) >= 11 is 0. The second kappa shape index (κ2) is 5.51. The molecule has 2 N–H and O–H groups in total. The Kier molecular flexibility index (Phi) is 4.16. The van der Waals surface area contributed by atoms with Crippen molar-refractivity contribution >= 4 is 0 Å². The van der Waals surface area contributed by atoms with Gasteiger partial charge in [0.25, 0.3) is 0 Å². The first-order chi connectivity index (χ1) is 8.89. The zero-order chi connectivity index (χ0) is 14.0. The van der Waals surface area contributed by atoms with Gasteiger partial charge in [-0.25, -0.2) is 0 Å². The van der Waals surface area contributed by atoms with Crippen LogP contribution in [-0.2, 0) is 5.41 Å². The molecule has 2 rings (SSSR count). The fraction of sp³-hybridized carbons (Fsp3) is 0.625. The van der Waals surface area contributed by atoms with Crippen LogP contribution < -0.4 is 5.32 Å². The molecule has 1 saturated heterocycles. The summed E-state index contributed by atoms with van der Waals surface area (Å²) in [5.74, 6) is 0.416. The number of piperazine rings is 1. The van der Waals surface area contributed by atoms with Crippen molar-refractivity contribution in [2.75, 3.05) is 26.2 Å². The van der Waals surface area contributed by atoms with Crippen LogP contribution >= 0.6 is 0 Å². The molecule has 1 aromatic carbocycles. The van der Waals surface area contributed by atoms with Gasteiger partial charge in [-0.05, 0) is 24.0 Å². The number of phenolic OH excluding ortho intramolecular Hbond substituents is 1. The topological polar surface area (TPSA) is 35.5 Å². The van der Waals surface area contributed by atoms with Gasteiger partial charge in [-0.15, -0.1) is 0 Å². The molecule has 1 aliphatic rings. The summed E-state index contributed by atoms with van der Waals surface area (Å²) in [6.07, 6.45) is 0. The highest BCUT2D eigenvalue weighted by Crippen LogP contribution is 2.33. The minimum atomic E-state index is 0.117. The fourth-order valence-corrected chi connectivity index (χ4v) is 2.62. The molecule has 0 radical (unpaired) electrons. The van der Waals surface area contributed by atoms with E-state index in [0.717, 1.165) is 31.7 Å². The third-order valence-electron chi connectivity index (χ3n) is 4.04. The number of nitrogens with zero attached hydrogens (tertiary/aromatic N) is 1. The molecule has 0 amide bonds. The van der Waals surface area contributed by atoms with Crippen LogP contribution in [-0.4, -0.2) is 36.2 Å². The predicted molar refractivity (Wildman–Crippen MR) is 79.7 cm³/mol. The van der Waals surface area contributed by atoms with Gasteiger partial charge in [0, 0.05) is 37.8 Å². The molecule has 0 aromatic heterocycles. The molecule has 0 unspecified atom stereocenters. The SMILES string of the molecule is C[C@@H](c1cc(C(C)(C)C)ccc1O)N1CCNCC1. The molecule has 1 aliphatic heterocycles. The average Bonchev–Trinajstić information content (AvgIpc) is 2.38. The number of hydrogen-bond acceptors (Lipinski definition) is 3. The maximum atomic E-state index is 10.2. The molecule has 1 heterocycles. The lowest BCUT2D eigenvalue weighted by atomic mass is 9.85. The van der Waals surface area contributed by atoms with Gasteiger partial charge in [0.15, 0.2) is 0 Å². The summed E-state index contributed by atoms with van der Waals surface area (Å²) < 4.78 is 0. The molecule has 19 heavy (non-hydrogen) atoms. The van der Waals surface area contributed by atoms with E-state index < -0.39 is 0 Å². The molecule has 0 saturated carbocycles. The Morgan fingerprint density at radius 3 is 2.42 bits per heavy atom. The second-order valence-corrected chi connectivity index (χ2v) is 6.49. The number of rotatable bonds is 2. The van der Waals surface area contributed by atoms with Crippen molar-refractivity contribution in [2.45, 2.75) is 39.2 Å². The van der Waals surface area contributed by atoms with Crippen molar-refractivity contribution < 1.29 is 5.11 Å². The predicted octanol–water partition coefficient (Wildman–Crippen LogP) is 2.66. The first kappa shape index (κ1) is 14.4. The van der Waals surface area contributed by atoms with Crippen molar-refractivity contribution in [3.8, 4) is 5.75 Å². The van der Waals surface area contributed by atoms with E-state index >= 15 is 0 Å². The van der Waals surface area contributed by atoms with Crippen molar-refractivity contribution in [1.82, 2.24) is 10.2 Å². The number of benzene rings is 1. The Morgan fingerprint density at radius 2 is 1.84 bits per heavy atom. The van der Waals surface area contributed by atoms with Crippen molar-refractivity contribution in [3.63, 3.8) is 0 Å². The van der Waals surface area contributed by atoms with Gasteiger partial charge in [-0.1, -0.05) is 32.9 Å². The Labute approximate surface area is 116 Å². The summed E-state index contributed by atoms with van der Waals surface area (Å²) in [4.78, 5) is 2.43. The van der Waals surface area contributed by atoms with E-state index in [9.17, 15) is 5.11 Å². The monoisotopic (exact) mass is 262 g/mol. The smallest absolute Gasteiger partial charge is 0.120 e. The highest BCUT2D eigenvalue weighted by atomic mass is 16.3. The number of hydrogen-bond donors (Lipinski definition) is 2. The van der Waals surface area contributed by atoms with Crippen molar-refractivity contribution in [2.24, 2.45) is 0 Å². The minimum Gasteiger partial charge on any atom is -0.508 e. The molecule has 106 valence electrons. The molecule has 0 bridgehead atoms. The number of aromatic hydroxyl groups is 1. The van der Waals surface area contributed by atoms with Crippen LogP contribution in [0.2, 0.25) is 0 Å². The maximum absolute atomic E-state index is 10.2. The van der Waals surface area contributed by atoms with E-state index in [4.69, 9.17) is 0 Å². The molecule has 3 nitrogen and oxygen atoms in total. The van der Waals surface area contributed by atoms with Crippen LogP contribution in [0.25, 0.3) is 0 Å². The minimum absolute atomic E-state index is 0.117. The third kappa shape index (κ3) is 3.28. The Bertz CT molecular complexity index is 431. The summed E-state index contributed by atoms with van der Waals surface area (Å²) in [6.45, 7) is 13.0. The van der Waals surface area contributed by atoms with E-state index in [1.807, 2.05) is 12.1 Å². The highest BCUT2D eigenvalue weighted by molar-refractivity contribution is 5.40. The van der Waals surface area contributed by atoms with E-state index in [1.54, 1.807) is 0 Å². The molecule has 3 heteroatoms. The molecule has 1 atom stereocenters. The van der Waals surface area contributed by atoms with Gasteiger partial charge in [0.1, 0.15) is 5.75 Å². The standard InChI is InChI=1S/C16H26N2O/c1-12(18-9-7-17-8-10-18)14-11-13(16(2,3)4)5-6-15(14)19/h5-6,11-12,17,19H,7-10H2,1-4H3/t12-/m0/s1. The highest BCUT2D eigenvalue weighted by Gasteiger charge is 2.22. The van der Waals surface area contributed by atoms with Gasteiger partial charge < -0.3 is 10.4 Å². The fourth-order valence-electron chi connectivity index (χ4n) is 2.62. The quantitative estimate of drug-likeness (QED) is 0.860. The first-order valence-electron chi connectivity index (χ1n) is 7.18. The van der Waals surface area contributed by atoms with Crippen LogP contribution in [0.1, 0.15) is 44.9 Å². The lowest BCUT2D eigenvalue weighted by Gasteiger charge is -2.34. The number of nitrogens with one attached hydrogen (secondary N) is 1. The molecular weight excluding hydrogens is 236 g/mol. The second-order valence-electron chi connectivity index (χ2n) is 6.49. The summed E-state index contributed by atoms with van der Waals surface area (Å²) in [5.41, 5.74) is 2.45. The van der Waals surface area contributed by atoms with Gasteiger partial charge in [0.05, 0.1) is 0 Å². The Hall–Kier alpha value is -1.06. The van der Waals surface area contributed by atoms with E-state index in [1.165, 1.54) is 5.56 Å². The van der Waals surface area contributed by atoms with Crippen molar-refractivity contribution in [3.05, 3.63) is 29.3 Å². The average molecular weight is 262 g/mol.